The van der Waals surface area contributed by atoms with E-state index >= 15 is 0 Å². The Hall–Kier alpha value is -2.27. The predicted octanol–water partition coefficient (Wildman–Crippen LogP) is 4.18. The van der Waals surface area contributed by atoms with Crippen molar-refractivity contribution >= 4 is 17.5 Å². The number of pyridine rings is 1. The summed E-state index contributed by atoms with van der Waals surface area (Å²) in [6.45, 7) is 2.59. The maximum atomic E-state index is 12.3. The summed E-state index contributed by atoms with van der Waals surface area (Å²) in [5.41, 5.74) is 0.988. The van der Waals surface area contributed by atoms with Crippen LogP contribution >= 0.6 is 11.6 Å². The fourth-order valence-corrected chi connectivity index (χ4v) is 3.37. The van der Waals surface area contributed by atoms with Crippen molar-refractivity contribution in [3.8, 4) is 11.6 Å². The van der Waals surface area contributed by atoms with Gasteiger partial charge < -0.3 is 14.8 Å². The SMILES string of the molecule is CCOc1ccc(CC(=O)NC2CCC(Oc3ccc(Cl)cn3)CC2)cc1. The molecule has 1 amide bonds. The maximum absolute atomic E-state index is 12.3. The Morgan fingerprint density at radius 1 is 1.15 bits per heavy atom. The van der Waals surface area contributed by atoms with Gasteiger partial charge in [-0.2, -0.15) is 0 Å². The normalized spacial score (nSPS) is 19.3. The van der Waals surface area contributed by atoms with E-state index in [-0.39, 0.29) is 18.1 Å². The number of ether oxygens (including phenoxy) is 2. The highest BCUT2D eigenvalue weighted by molar-refractivity contribution is 6.30. The molecule has 0 atom stereocenters. The predicted molar refractivity (Wildman–Crippen MR) is 105 cm³/mol. The van der Waals surface area contributed by atoms with Crippen LogP contribution in [-0.2, 0) is 11.2 Å². The van der Waals surface area contributed by atoms with Crippen molar-refractivity contribution in [2.75, 3.05) is 6.61 Å². The Labute approximate surface area is 165 Å². The second kappa shape index (κ2) is 9.60. The molecular weight excluding hydrogens is 364 g/mol. The van der Waals surface area contributed by atoms with Crippen LogP contribution in [0, 0.1) is 0 Å². The second-order valence-corrected chi connectivity index (χ2v) is 7.16. The van der Waals surface area contributed by atoms with Gasteiger partial charge in [0.15, 0.2) is 0 Å². The van der Waals surface area contributed by atoms with Gasteiger partial charge in [0, 0.05) is 18.3 Å². The molecule has 1 saturated carbocycles. The zero-order valence-electron chi connectivity index (χ0n) is 15.5. The Balaban J connectivity index is 1.40. The zero-order valence-corrected chi connectivity index (χ0v) is 16.2. The van der Waals surface area contributed by atoms with E-state index < -0.39 is 0 Å². The Kier molecular flexibility index (Phi) is 6.93. The molecule has 0 spiro atoms. The fraction of sp³-hybridized carbons (Fsp3) is 0.429. The number of benzene rings is 1. The van der Waals surface area contributed by atoms with Gasteiger partial charge in [0.1, 0.15) is 11.9 Å². The summed E-state index contributed by atoms with van der Waals surface area (Å²) in [6, 6.07) is 11.4. The van der Waals surface area contributed by atoms with Gasteiger partial charge in [0.05, 0.1) is 18.1 Å². The number of amides is 1. The molecule has 0 radical (unpaired) electrons. The lowest BCUT2D eigenvalue weighted by molar-refractivity contribution is -0.121. The standard InChI is InChI=1S/C21H25ClN2O3/c1-2-26-18-8-3-15(4-9-18)13-20(25)24-17-6-10-19(11-7-17)27-21-12-5-16(22)14-23-21/h3-5,8-9,12,14,17,19H,2,6-7,10-11,13H2,1H3,(H,24,25). The number of hydrogen-bond donors (Lipinski definition) is 1. The zero-order chi connectivity index (χ0) is 19.1. The molecule has 2 aromatic rings. The lowest BCUT2D eigenvalue weighted by Crippen LogP contribution is -2.40. The summed E-state index contributed by atoms with van der Waals surface area (Å²) in [7, 11) is 0. The molecule has 1 aromatic heterocycles. The van der Waals surface area contributed by atoms with E-state index in [9.17, 15) is 4.79 Å². The number of carbonyl (C=O) groups excluding carboxylic acids is 1. The number of nitrogens with zero attached hydrogens (tertiary/aromatic N) is 1. The molecular formula is C21H25ClN2O3. The first kappa shape index (κ1) is 19.5. The van der Waals surface area contributed by atoms with E-state index in [0.717, 1.165) is 37.0 Å². The van der Waals surface area contributed by atoms with Crippen LogP contribution in [0.2, 0.25) is 5.02 Å². The number of rotatable bonds is 7. The van der Waals surface area contributed by atoms with Gasteiger partial charge in [0.2, 0.25) is 11.8 Å². The number of aromatic nitrogens is 1. The minimum absolute atomic E-state index is 0.0582. The Morgan fingerprint density at radius 2 is 1.89 bits per heavy atom. The first-order chi connectivity index (χ1) is 13.1. The minimum Gasteiger partial charge on any atom is -0.494 e. The topological polar surface area (TPSA) is 60.5 Å². The molecule has 0 bridgehead atoms. The van der Waals surface area contributed by atoms with Crippen LogP contribution in [0.3, 0.4) is 0 Å². The Bertz CT molecular complexity index is 726. The third kappa shape index (κ3) is 6.14. The average Bonchev–Trinajstić information content (AvgIpc) is 2.67. The monoisotopic (exact) mass is 388 g/mol. The molecule has 0 aliphatic heterocycles. The lowest BCUT2D eigenvalue weighted by atomic mass is 9.92. The van der Waals surface area contributed by atoms with Crippen molar-refractivity contribution in [2.45, 2.75) is 51.2 Å². The molecule has 6 heteroatoms. The summed E-state index contributed by atoms with van der Waals surface area (Å²) in [5.74, 6) is 1.49. The molecule has 1 aromatic carbocycles. The fourth-order valence-electron chi connectivity index (χ4n) is 3.26. The second-order valence-electron chi connectivity index (χ2n) is 6.73. The van der Waals surface area contributed by atoms with Crippen LogP contribution in [0.5, 0.6) is 11.6 Å². The maximum Gasteiger partial charge on any atom is 0.224 e. The van der Waals surface area contributed by atoms with Gasteiger partial charge in [-0.15, -0.1) is 0 Å². The number of carbonyl (C=O) groups is 1. The molecule has 1 aliphatic carbocycles. The third-order valence-electron chi connectivity index (χ3n) is 4.63. The van der Waals surface area contributed by atoms with Gasteiger partial charge in [-0.1, -0.05) is 23.7 Å². The van der Waals surface area contributed by atoms with E-state index in [1.54, 1.807) is 18.3 Å². The highest BCUT2D eigenvalue weighted by Gasteiger charge is 2.24. The summed E-state index contributed by atoms with van der Waals surface area (Å²) in [4.78, 5) is 16.5. The van der Waals surface area contributed by atoms with E-state index in [0.29, 0.717) is 23.9 Å². The molecule has 144 valence electrons. The first-order valence-corrected chi connectivity index (χ1v) is 9.79. The Morgan fingerprint density at radius 3 is 2.52 bits per heavy atom. The van der Waals surface area contributed by atoms with Gasteiger partial charge in [0.25, 0.3) is 0 Å². The number of nitrogens with one attached hydrogen (secondary N) is 1. The van der Waals surface area contributed by atoms with E-state index in [4.69, 9.17) is 21.1 Å². The molecule has 27 heavy (non-hydrogen) atoms. The molecule has 1 fully saturated rings. The van der Waals surface area contributed by atoms with Crippen LogP contribution in [0.4, 0.5) is 0 Å². The van der Waals surface area contributed by atoms with Crippen LogP contribution < -0.4 is 14.8 Å². The van der Waals surface area contributed by atoms with Gasteiger partial charge in [-0.25, -0.2) is 4.98 Å². The third-order valence-corrected chi connectivity index (χ3v) is 4.85. The van der Waals surface area contributed by atoms with E-state index in [1.807, 2.05) is 31.2 Å². The molecule has 0 unspecified atom stereocenters. The van der Waals surface area contributed by atoms with Crippen molar-refractivity contribution in [1.82, 2.24) is 10.3 Å². The highest BCUT2D eigenvalue weighted by atomic mass is 35.5. The summed E-state index contributed by atoms with van der Waals surface area (Å²) >= 11 is 5.84. The van der Waals surface area contributed by atoms with Crippen LogP contribution in [0.15, 0.2) is 42.6 Å². The van der Waals surface area contributed by atoms with Crippen molar-refractivity contribution in [1.29, 1.82) is 0 Å². The van der Waals surface area contributed by atoms with Gasteiger partial charge in [-0.3, -0.25) is 4.79 Å². The van der Waals surface area contributed by atoms with Crippen molar-refractivity contribution in [3.05, 3.63) is 53.2 Å². The molecule has 1 N–H and O–H groups in total. The first-order valence-electron chi connectivity index (χ1n) is 9.41. The van der Waals surface area contributed by atoms with Crippen molar-refractivity contribution in [2.24, 2.45) is 0 Å². The van der Waals surface area contributed by atoms with Crippen LogP contribution in [0.25, 0.3) is 0 Å². The van der Waals surface area contributed by atoms with Gasteiger partial charge >= 0.3 is 0 Å². The van der Waals surface area contributed by atoms with Crippen LogP contribution in [-0.4, -0.2) is 29.6 Å². The summed E-state index contributed by atoms with van der Waals surface area (Å²) in [6.07, 6.45) is 5.73. The minimum atomic E-state index is 0.0582. The van der Waals surface area contributed by atoms with Gasteiger partial charge in [-0.05, 0) is 56.4 Å². The van der Waals surface area contributed by atoms with E-state index in [2.05, 4.69) is 10.3 Å². The van der Waals surface area contributed by atoms with Crippen molar-refractivity contribution < 1.29 is 14.3 Å². The quantitative estimate of drug-likeness (QED) is 0.772. The summed E-state index contributed by atoms with van der Waals surface area (Å²) < 4.78 is 11.3. The lowest BCUT2D eigenvalue weighted by Gasteiger charge is -2.29. The highest BCUT2D eigenvalue weighted by Crippen LogP contribution is 2.23. The van der Waals surface area contributed by atoms with E-state index in [1.165, 1.54) is 0 Å². The summed E-state index contributed by atoms with van der Waals surface area (Å²) in [5, 5.41) is 3.74. The largest absolute Gasteiger partial charge is 0.494 e. The molecule has 5 nitrogen and oxygen atoms in total. The number of hydrogen-bond acceptors (Lipinski definition) is 4. The molecule has 1 aliphatic rings. The molecule has 0 saturated heterocycles. The molecule has 1 heterocycles. The van der Waals surface area contributed by atoms with Crippen LogP contribution in [0.1, 0.15) is 38.2 Å². The smallest absolute Gasteiger partial charge is 0.224 e. The number of halogens is 1. The average molecular weight is 389 g/mol. The van der Waals surface area contributed by atoms with Crippen molar-refractivity contribution in [3.63, 3.8) is 0 Å². The molecule has 3 rings (SSSR count).